The molecule has 0 radical (unpaired) electrons. The lowest BCUT2D eigenvalue weighted by molar-refractivity contribution is -0.381. The van der Waals surface area contributed by atoms with Crippen LogP contribution in [0.1, 0.15) is 106 Å². The molecule has 0 amide bonds. The van der Waals surface area contributed by atoms with Crippen LogP contribution in [-0.4, -0.2) is 234 Å². The van der Waals surface area contributed by atoms with Crippen LogP contribution < -0.4 is 0 Å². The molecule has 8 fully saturated rings. The number of carbonyl (C=O) groups is 2. The third-order valence-electron chi connectivity index (χ3n) is 21.1. The van der Waals surface area contributed by atoms with E-state index in [4.69, 9.17) is 42.6 Å². The summed E-state index contributed by atoms with van der Waals surface area (Å²) in [5, 5.41) is 141. The van der Waals surface area contributed by atoms with Gasteiger partial charge in [-0.1, -0.05) is 60.1 Å². The molecule has 0 aromatic carbocycles. The Balaban J connectivity index is 0.952. The van der Waals surface area contributed by atoms with E-state index >= 15 is 0 Å². The number of aliphatic hydroxyl groups is 13. The van der Waals surface area contributed by atoms with Crippen molar-refractivity contribution in [2.45, 2.75) is 235 Å². The number of allylic oxidation sites excluding steroid dienone is 2. The van der Waals surface area contributed by atoms with Gasteiger partial charge in [0.25, 0.3) is 0 Å². The van der Waals surface area contributed by atoms with Gasteiger partial charge >= 0.3 is 11.9 Å². The van der Waals surface area contributed by atoms with Crippen molar-refractivity contribution in [3.63, 3.8) is 0 Å². The van der Waals surface area contributed by atoms with Gasteiger partial charge in [-0.25, -0.2) is 4.79 Å². The largest absolute Gasteiger partial charge is 0.467 e. The van der Waals surface area contributed by atoms with Gasteiger partial charge in [-0.15, -0.1) is 0 Å². The molecule has 0 spiro atoms. The van der Waals surface area contributed by atoms with E-state index in [0.717, 1.165) is 20.0 Å². The predicted molar refractivity (Wildman–Crippen MR) is 263 cm³/mol. The predicted octanol–water partition coefficient (Wildman–Crippen LogP) is -2.24. The Morgan fingerprint density at radius 2 is 1.19 bits per heavy atom. The molecule has 0 aromatic heterocycles. The maximum absolute atomic E-state index is 14.8. The van der Waals surface area contributed by atoms with Crippen LogP contribution >= 0.6 is 0 Å². The molecule has 0 unspecified atom stereocenters. The molecular formula is C54H86O24. The molecule has 78 heavy (non-hydrogen) atoms. The molecular weight excluding hydrogens is 1030 g/mol. The van der Waals surface area contributed by atoms with Crippen molar-refractivity contribution in [1.82, 2.24) is 0 Å². The molecule has 0 aromatic rings. The highest BCUT2D eigenvalue weighted by Crippen LogP contribution is 2.76. The van der Waals surface area contributed by atoms with Crippen molar-refractivity contribution in [2.75, 3.05) is 26.9 Å². The van der Waals surface area contributed by atoms with Gasteiger partial charge in [0, 0.05) is 0 Å². The second-order valence-corrected chi connectivity index (χ2v) is 26.2. The molecule has 4 aliphatic heterocycles. The van der Waals surface area contributed by atoms with E-state index in [9.17, 15) is 76.0 Å². The molecule has 13 N–H and O–H groups in total. The Morgan fingerprint density at radius 1 is 0.603 bits per heavy atom. The summed E-state index contributed by atoms with van der Waals surface area (Å²) in [6.45, 7) is 13.2. The molecule has 28 atom stereocenters. The van der Waals surface area contributed by atoms with Crippen molar-refractivity contribution in [1.29, 1.82) is 0 Å². The Kier molecular flexibility index (Phi) is 16.9. The van der Waals surface area contributed by atoms with E-state index in [1.807, 2.05) is 13.8 Å². The Bertz CT molecular complexity index is 2200. The topological polar surface area (TPSA) is 380 Å². The fraction of sp³-hybridized carbons (Fsp3) is 0.926. The molecule has 446 valence electrons. The van der Waals surface area contributed by atoms with Gasteiger partial charge in [-0.05, 0) is 103 Å². The maximum atomic E-state index is 14.8. The fourth-order valence-corrected chi connectivity index (χ4v) is 16.5. The van der Waals surface area contributed by atoms with Gasteiger partial charge in [-0.2, -0.15) is 0 Å². The zero-order valence-corrected chi connectivity index (χ0v) is 45.7. The average molecular weight is 1120 g/mol. The van der Waals surface area contributed by atoms with Gasteiger partial charge in [0.2, 0.25) is 6.29 Å². The molecule has 4 heterocycles. The molecule has 5 aliphatic carbocycles. The molecule has 9 aliphatic rings. The molecule has 0 bridgehead atoms. The lowest BCUT2D eigenvalue weighted by atomic mass is 9.33. The molecule has 4 saturated heterocycles. The summed E-state index contributed by atoms with van der Waals surface area (Å²) in [6.07, 6.45) is -27.6. The number of fused-ring (bicyclic) bond motifs is 7. The number of aliphatic hydroxyl groups excluding tert-OH is 13. The van der Waals surface area contributed by atoms with Crippen LogP contribution in [0, 0.1) is 50.2 Å². The number of ether oxygens (including phenoxy) is 9. The summed E-state index contributed by atoms with van der Waals surface area (Å²) < 4.78 is 51.9. The summed E-state index contributed by atoms with van der Waals surface area (Å²) in [5.41, 5.74) is -2.05. The van der Waals surface area contributed by atoms with Gasteiger partial charge in [0.1, 0.15) is 85.5 Å². The summed E-state index contributed by atoms with van der Waals surface area (Å²) in [5.74, 6) is -1.96. The van der Waals surface area contributed by atoms with Crippen LogP contribution in [-0.2, 0) is 52.2 Å². The Morgan fingerprint density at radius 3 is 1.85 bits per heavy atom. The normalized spacial score (nSPS) is 52.8. The first-order valence-corrected chi connectivity index (χ1v) is 27.7. The van der Waals surface area contributed by atoms with E-state index < -0.39 is 182 Å². The van der Waals surface area contributed by atoms with Crippen molar-refractivity contribution < 1.29 is 119 Å². The van der Waals surface area contributed by atoms with Crippen LogP contribution in [0.3, 0.4) is 0 Å². The Labute approximate surface area is 453 Å². The molecule has 4 saturated carbocycles. The van der Waals surface area contributed by atoms with Crippen molar-refractivity contribution in [3.8, 4) is 0 Å². The van der Waals surface area contributed by atoms with Gasteiger partial charge in [0.15, 0.2) is 25.0 Å². The quantitative estimate of drug-likeness (QED) is 0.0591. The standard InChI is InChI=1S/C54H86O24/c1-49(2)13-15-54(48(69)78-45-35(64)33(62)31(60)26(19-55)72-45)16-14-52(6)22(23(54)17-49)9-10-29-51(5)18-24(57)42(50(3,4)28(51)11-12-53(29,52)7)77-47-38(67)40(36(65)41(76-47)43(68)70-8)75-46-37(66)39(32(61)27(20-56)73-46)74-44-34(63)30(59)25(58)21-71-44/h9,23-42,44-47,55-67H,10-21H2,1-8H3/t23-,24-,25+,26+,27+,28-,29+,30-,31+,32-,33-,34+,35+,36-,37+,38+,39-,40-,41-,42-,44-,45-,46-,47-,51-,52+,53+,54-/m0/s1. The average Bonchev–Trinajstić information content (AvgIpc) is 2.77. The first-order chi connectivity index (χ1) is 36.5. The second-order valence-electron chi connectivity index (χ2n) is 26.2. The van der Waals surface area contributed by atoms with E-state index in [-0.39, 0.29) is 35.0 Å². The zero-order valence-electron chi connectivity index (χ0n) is 45.7. The van der Waals surface area contributed by atoms with Gasteiger partial charge in [-0.3, -0.25) is 4.79 Å². The summed E-state index contributed by atoms with van der Waals surface area (Å²) in [6, 6.07) is 0. The Hall–Kier alpha value is -2.12. The number of rotatable bonds is 11. The second kappa shape index (κ2) is 21.8. The molecule has 9 rings (SSSR count). The number of esters is 2. The van der Waals surface area contributed by atoms with E-state index in [1.165, 1.54) is 5.57 Å². The smallest absolute Gasteiger partial charge is 0.337 e. The minimum Gasteiger partial charge on any atom is -0.467 e. The third-order valence-corrected chi connectivity index (χ3v) is 21.1. The zero-order chi connectivity index (χ0) is 57.1. The lowest BCUT2D eigenvalue weighted by Gasteiger charge is -2.71. The van der Waals surface area contributed by atoms with Crippen LogP contribution in [0.25, 0.3) is 0 Å². The molecule has 24 heteroatoms. The van der Waals surface area contributed by atoms with Gasteiger partial charge in [0.05, 0.1) is 44.6 Å². The van der Waals surface area contributed by atoms with Crippen LogP contribution in [0.5, 0.6) is 0 Å². The highest BCUT2D eigenvalue weighted by Gasteiger charge is 2.71. The van der Waals surface area contributed by atoms with E-state index in [1.54, 1.807) is 0 Å². The lowest BCUT2D eigenvalue weighted by Crippen LogP contribution is -2.69. The highest BCUT2D eigenvalue weighted by atomic mass is 16.8. The highest BCUT2D eigenvalue weighted by molar-refractivity contribution is 5.79. The van der Waals surface area contributed by atoms with Crippen LogP contribution in [0.4, 0.5) is 0 Å². The number of hydrogen-bond donors (Lipinski definition) is 13. The first kappa shape index (κ1) is 60.5. The van der Waals surface area contributed by atoms with Crippen LogP contribution in [0.15, 0.2) is 11.6 Å². The van der Waals surface area contributed by atoms with Crippen LogP contribution in [0.2, 0.25) is 0 Å². The minimum absolute atomic E-state index is 0.0197. The number of carbonyl (C=O) groups excluding carboxylic acids is 2. The monoisotopic (exact) mass is 1120 g/mol. The maximum Gasteiger partial charge on any atom is 0.337 e. The summed E-state index contributed by atoms with van der Waals surface area (Å²) in [4.78, 5) is 28.0. The first-order valence-electron chi connectivity index (χ1n) is 27.7. The summed E-state index contributed by atoms with van der Waals surface area (Å²) in [7, 11) is 1.05. The van der Waals surface area contributed by atoms with Crippen molar-refractivity contribution in [3.05, 3.63) is 11.6 Å². The van der Waals surface area contributed by atoms with Crippen molar-refractivity contribution >= 4 is 11.9 Å². The number of methoxy groups -OCH3 is 1. The number of hydrogen-bond acceptors (Lipinski definition) is 24. The molecule has 24 nitrogen and oxygen atoms in total. The third kappa shape index (κ3) is 9.72. The van der Waals surface area contributed by atoms with Gasteiger partial charge < -0.3 is 109 Å². The van der Waals surface area contributed by atoms with E-state index in [2.05, 4.69) is 40.7 Å². The summed E-state index contributed by atoms with van der Waals surface area (Å²) >= 11 is 0. The van der Waals surface area contributed by atoms with E-state index in [0.29, 0.717) is 38.5 Å². The SMILES string of the molecule is COC(=O)[C@H]1O[C@@H](O[C@H]2[C@@H](O)C[C@]3(C)[C@H]4CC=C5[C@@H]6CC(C)(C)CC[C@]6(C(=O)O[C@@H]6O[C@H](CO)[C@@H](O)[C@H](O)[C@H]6O)CC[C@@]5(C)[C@]4(C)CC[C@H]3C2(C)C)[C@H](O)[C@@H](O[C@@H]2O[C@H](CO)[C@H](O)[C@H](O[C@@H]3OC[C@@H](O)[C@H](O)[C@H]3O)[C@H]2O)[C@@H]1O. The fourth-order valence-electron chi connectivity index (χ4n) is 16.5. The minimum atomic E-state index is -2.01. The van der Waals surface area contributed by atoms with Crippen molar-refractivity contribution in [2.24, 2.45) is 50.2 Å².